The van der Waals surface area contributed by atoms with Crippen LogP contribution in [-0.4, -0.2) is 29.3 Å². The lowest BCUT2D eigenvalue weighted by Crippen LogP contribution is -2.33. The van der Waals surface area contributed by atoms with Crippen LogP contribution < -0.4 is 4.72 Å². The maximum absolute atomic E-state index is 14.3. The third-order valence-corrected chi connectivity index (χ3v) is 5.92. The molecule has 184 valence electrons. The van der Waals surface area contributed by atoms with Crippen molar-refractivity contribution in [2.24, 2.45) is 0 Å². The summed E-state index contributed by atoms with van der Waals surface area (Å²) in [5.74, 6) is -2.59. The van der Waals surface area contributed by atoms with Gasteiger partial charge >= 0.3 is 12.4 Å². The van der Waals surface area contributed by atoms with Crippen molar-refractivity contribution in [1.29, 1.82) is 5.26 Å². The molecule has 0 saturated heterocycles. The fourth-order valence-electron chi connectivity index (χ4n) is 2.90. The molecule has 1 amide bonds. The van der Waals surface area contributed by atoms with Gasteiger partial charge in [-0.2, -0.15) is 31.6 Å². The van der Waals surface area contributed by atoms with Gasteiger partial charge in [0, 0.05) is 0 Å². The van der Waals surface area contributed by atoms with Gasteiger partial charge in [0.25, 0.3) is 15.9 Å². The van der Waals surface area contributed by atoms with Gasteiger partial charge in [0.15, 0.2) is 5.69 Å². The number of carbonyl (C=O) groups is 1. The number of hydrogen-bond donors (Lipinski definition) is 1. The van der Waals surface area contributed by atoms with E-state index in [0.29, 0.717) is 0 Å². The van der Waals surface area contributed by atoms with Crippen LogP contribution in [0.5, 0.6) is 0 Å². The van der Waals surface area contributed by atoms with Crippen LogP contribution in [0.2, 0.25) is 0 Å². The van der Waals surface area contributed by atoms with Crippen LogP contribution in [0.4, 0.5) is 30.7 Å². The molecule has 1 aromatic heterocycles. The van der Waals surface area contributed by atoms with Gasteiger partial charge in [-0.15, -0.1) is 5.10 Å². The molecule has 1 N–H and O–H groups in total. The molecule has 0 aliphatic heterocycles. The van der Waals surface area contributed by atoms with Gasteiger partial charge in [0.05, 0.1) is 28.5 Å². The summed E-state index contributed by atoms with van der Waals surface area (Å²) in [6, 6.07) is 4.55. The molecule has 0 fully saturated rings. The van der Waals surface area contributed by atoms with Crippen molar-refractivity contribution in [2.45, 2.75) is 24.2 Å². The number of benzene rings is 2. The molecular weight excluding hydrogens is 511 g/mol. The Morgan fingerprint density at radius 3 is 2.26 bits per heavy atom. The summed E-state index contributed by atoms with van der Waals surface area (Å²) in [6.45, 7) is 1.14. The molecule has 8 nitrogen and oxygen atoms in total. The lowest BCUT2D eigenvalue weighted by molar-refractivity contribution is -0.143. The number of nitrogens with one attached hydrogen (secondary N) is 1. The van der Waals surface area contributed by atoms with Crippen molar-refractivity contribution in [3.63, 3.8) is 0 Å². The minimum Gasteiger partial charge on any atom is -0.266 e. The summed E-state index contributed by atoms with van der Waals surface area (Å²) in [7, 11) is -5.50. The number of aromatic nitrogens is 3. The van der Waals surface area contributed by atoms with E-state index in [1.807, 2.05) is 0 Å². The number of carbonyl (C=O) groups excluding carboxylic acids is 1. The SMILES string of the molecule is Cc1c(C(=O)NS(=O)(=O)c2cc(C(F)(F)F)ccc2C(F)(F)F)nnn1-c1ccc(C#N)cc1F. The number of rotatable bonds is 4. The van der Waals surface area contributed by atoms with E-state index in [1.54, 1.807) is 6.07 Å². The van der Waals surface area contributed by atoms with E-state index >= 15 is 0 Å². The highest BCUT2D eigenvalue weighted by molar-refractivity contribution is 7.90. The van der Waals surface area contributed by atoms with E-state index in [4.69, 9.17) is 5.26 Å². The summed E-state index contributed by atoms with van der Waals surface area (Å²) in [6.07, 6.45) is -10.5. The highest BCUT2D eigenvalue weighted by Gasteiger charge is 2.41. The van der Waals surface area contributed by atoms with Gasteiger partial charge in [-0.05, 0) is 43.3 Å². The van der Waals surface area contributed by atoms with Crippen LogP contribution >= 0.6 is 0 Å². The van der Waals surface area contributed by atoms with Crippen molar-refractivity contribution in [1.82, 2.24) is 19.7 Å². The van der Waals surface area contributed by atoms with Crippen LogP contribution in [0.15, 0.2) is 41.3 Å². The molecule has 3 aromatic rings. The van der Waals surface area contributed by atoms with E-state index in [0.717, 1.165) is 23.7 Å². The maximum Gasteiger partial charge on any atom is 0.417 e. The highest BCUT2D eigenvalue weighted by Crippen LogP contribution is 2.38. The minimum absolute atomic E-state index is 0.0466. The molecule has 35 heavy (non-hydrogen) atoms. The lowest BCUT2D eigenvalue weighted by Gasteiger charge is -2.16. The second kappa shape index (κ2) is 8.65. The fraction of sp³-hybridized carbons (Fsp3) is 0.158. The first-order valence-electron chi connectivity index (χ1n) is 9.04. The van der Waals surface area contributed by atoms with Gasteiger partial charge in [-0.3, -0.25) is 4.79 Å². The Morgan fingerprint density at radius 2 is 1.71 bits per heavy atom. The van der Waals surface area contributed by atoms with Crippen LogP contribution in [0.1, 0.15) is 32.9 Å². The number of halogens is 7. The third kappa shape index (κ3) is 5.09. The Balaban J connectivity index is 2.02. The smallest absolute Gasteiger partial charge is 0.266 e. The molecule has 0 radical (unpaired) electrons. The van der Waals surface area contributed by atoms with E-state index in [-0.39, 0.29) is 35.1 Å². The molecule has 1 heterocycles. The zero-order chi connectivity index (χ0) is 26.3. The van der Waals surface area contributed by atoms with Gasteiger partial charge < -0.3 is 0 Å². The molecular formula is C19H10F7N5O3S. The number of sulfonamides is 1. The van der Waals surface area contributed by atoms with Gasteiger partial charge in [-0.25, -0.2) is 22.2 Å². The summed E-state index contributed by atoms with van der Waals surface area (Å²) < 4.78 is 120. The van der Waals surface area contributed by atoms with Gasteiger partial charge in [0.1, 0.15) is 16.4 Å². The summed E-state index contributed by atoms with van der Waals surface area (Å²) >= 11 is 0. The molecule has 0 bridgehead atoms. The van der Waals surface area contributed by atoms with Crippen LogP contribution in [-0.2, 0) is 22.4 Å². The third-order valence-electron chi connectivity index (χ3n) is 4.55. The monoisotopic (exact) mass is 521 g/mol. The molecule has 0 aliphatic rings. The quantitative estimate of drug-likeness (QED) is 0.523. The average molecular weight is 521 g/mol. The van der Waals surface area contributed by atoms with E-state index in [2.05, 4.69) is 10.3 Å². The summed E-state index contributed by atoms with van der Waals surface area (Å²) in [5.41, 5.74) is -5.01. The number of alkyl halides is 6. The van der Waals surface area contributed by atoms with Crippen LogP contribution in [0.3, 0.4) is 0 Å². The number of nitrogens with zero attached hydrogens (tertiary/aromatic N) is 4. The number of hydrogen-bond acceptors (Lipinski definition) is 6. The minimum atomic E-state index is -5.50. The Bertz CT molecular complexity index is 1470. The second-order valence-corrected chi connectivity index (χ2v) is 8.51. The maximum atomic E-state index is 14.3. The first-order chi connectivity index (χ1) is 16.1. The fourth-order valence-corrected chi connectivity index (χ4v) is 4.10. The van der Waals surface area contributed by atoms with Crippen molar-refractivity contribution in [2.75, 3.05) is 0 Å². The summed E-state index contributed by atoms with van der Waals surface area (Å²) in [5, 5.41) is 15.7. The second-order valence-electron chi connectivity index (χ2n) is 6.85. The van der Waals surface area contributed by atoms with E-state index in [9.17, 15) is 43.9 Å². The normalized spacial score (nSPS) is 12.3. The molecule has 0 atom stereocenters. The predicted octanol–water partition coefficient (Wildman–Crippen LogP) is 3.74. The Hall–Kier alpha value is -4.00. The zero-order valence-corrected chi connectivity index (χ0v) is 17.8. The molecule has 0 spiro atoms. The Labute approximate surface area is 191 Å². The Morgan fingerprint density at radius 1 is 1.06 bits per heavy atom. The highest BCUT2D eigenvalue weighted by atomic mass is 32.2. The van der Waals surface area contributed by atoms with Crippen LogP contribution in [0, 0.1) is 24.1 Å². The van der Waals surface area contributed by atoms with Crippen molar-refractivity contribution < 1.29 is 43.9 Å². The Kier molecular flexibility index (Phi) is 6.33. The first-order valence-corrected chi connectivity index (χ1v) is 10.5. The standard InChI is InChI=1S/C19H10F7N5O3S/c1-9-16(28-30-31(9)14-5-2-10(8-27)6-13(14)20)17(32)29-35(33,34)15-7-11(18(21,22)23)3-4-12(15)19(24,25)26/h2-7H,1H3,(H,29,32). The predicted molar refractivity (Wildman–Crippen MR) is 102 cm³/mol. The van der Waals surface area contributed by atoms with E-state index in [1.165, 1.54) is 10.8 Å². The number of nitriles is 1. The lowest BCUT2D eigenvalue weighted by atomic mass is 10.1. The van der Waals surface area contributed by atoms with Crippen molar-refractivity contribution in [3.05, 3.63) is 70.3 Å². The molecule has 16 heteroatoms. The van der Waals surface area contributed by atoms with Gasteiger partial charge in [0.2, 0.25) is 0 Å². The van der Waals surface area contributed by atoms with Crippen molar-refractivity contribution >= 4 is 15.9 Å². The molecule has 0 saturated carbocycles. The van der Waals surface area contributed by atoms with Crippen molar-refractivity contribution in [3.8, 4) is 11.8 Å². The molecule has 2 aromatic carbocycles. The zero-order valence-electron chi connectivity index (χ0n) is 17.0. The largest absolute Gasteiger partial charge is 0.417 e. The number of amides is 1. The first kappa shape index (κ1) is 25.6. The van der Waals surface area contributed by atoms with E-state index < -0.39 is 55.8 Å². The summed E-state index contributed by atoms with van der Waals surface area (Å²) in [4.78, 5) is 10.6. The molecule has 3 rings (SSSR count). The van der Waals surface area contributed by atoms with Gasteiger partial charge in [-0.1, -0.05) is 5.21 Å². The molecule has 0 unspecified atom stereocenters. The van der Waals surface area contributed by atoms with Crippen LogP contribution in [0.25, 0.3) is 5.69 Å². The average Bonchev–Trinajstić information content (AvgIpc) is 3.12. The molecule has 0 aliphatic carbocycles. The topological polar surface area (TPSA) is 118 Å².